The molecule has 0 unspecified atom stereocenters. The van der Waals surface area contributed by atoms with Gasteiger partial charge in [-0.1, -0.05) is 0 Å². The molecule has 21 heavy (non-hydrogen) atoms. The SMILES string of the molecule is Cc1cc(F)cc2c1N(CCC(=O)NC(C)C)C(=O)C2=O. The summed E-state index contributed by atoms with van der Waals surface area (Å²) in [5, 5.41) is 2.72. The Labute approximate surface area is 122 Å². The Morgan fingerprint density at radius 3 is 2.62 bits per heavy atom. The van der Waals surface area contributed by atoms with Gasteiger partial charge in [0.05, 0.1) is 11.3 Å². The lowest BCUT2D eigenvalue weighted by atomic mass is 10.1. The number of halogens is 1. The Morgan fingerprint density at radius 2 is 2.00 bits per heavy atom. The third kappa shape index (κ3) is 2.94. The van der Waals surface area contributed by atoms with Crippen molar-refractivity contribution in [3.8, 4) is 0 Å². The molecule has 1 aliphatic rings. The summed E-state index contributed by atoms with van der Waals surface area (Å²) in [4.78, 5) is 36.8. The zero-order valence-electron chi connectivity index (χ0n) is 12.2. The number of rotatable bonds is 4. The van der Waals surface area contributed by atoms with Crippen molar-refractivity contribution >= 4 is 23.3 Å². The molecule has 0 aliphatic carbocycles. The van der Waals surface area contributed by atoms with Crippen molar-refractivity contribution in [1.29, 1.82) is 0 Å². The molecule has 0 spiro atoms. The fourth-order valence-electron chi connectivity index (χ4n) is 2.43. The fourth-order valence-corrected chi connectivity index (χ4v) is 2.43. The molecule has 1 aromatic carbocycles. The smallest absolute Gasteiger partial charge is 0.299 e. The van der Waals surface area contributed by atoms with E-state index < -0.39 is 17.5 Å². The van der Waals surface area contributed by atoms with Crippen LogP contribution in [-0.4, -0.2) is 30.2 Å². The van der Waals surface area contributed by atoms with Gasteiger partial charge >= 0.3 is 0 Å². The Morgan fingerprint density at radius 1 is 1.33 bits per heavy atom. The van der Waals surface area contributed by atoms with Crippen LogP contribution >= 0.6 is 0 Å². The number of nitrogens with zero attached hydrogens (tertiary/aromatic N) is 1. The monoisotopic (exact) mass is 292 g/mol. The van der Waals surface area contributed by atoms with Crippen molar-refractivity contribution in [2.45, 2.75) is 33.2 Å². The fraction of sp³-hybridized carbons (Fsp3) is 0.400. The zero-order chi connectivity index (χ0) is 15.7. The van der Waals surface area contributed by atoms with Crippen LogP contribution in [-0.2, 0) is 9.59 Å². The van der Waals surface area contributed by atoms with E-state index in [1.54, 1.807) is 6.92 Å². The lowest BCUT2D eigenvalue weighted by molar-refractivity contribution is -0.121. The van der Waals surface area contributed by atoms with Crippen LogP contribution in [0.25, 0.3) is 0 Å². The number of anilines is 1. The quantitative estimate of drug-likeness (QED) is 0.857. The number of hydrogen-bond donors (Lipinski definition) is 1. The second-order valence-corrected chi connectivity index (χ2v) is 5.38. The van der Waals surface area contributed by atoms with Crippen molar-refractivity contribution in [2.75, 3.05) is 11.4 Å². The molecule has 0 saturated carbocycles. The first-order valence-corrected chi connectivity index (χ1v) is 6.77. The lowest BCUT2D eigenvalue weighted by Gasteiger charge is -2.18. The molecule has 0 atom stereocenters. The van der Waals surface area contributed by atoms with E-state index in [1.165, 1.54) is 11.0 Å². The number of carbonyl (C=O) groups is 3. The molecule has 0 saturated heterocycles. The van der Waals surface area contributed by atoms with Crippen molar-refractivity contribution in [3.05, 3.63) is 29.1 Å². The minimum Gasteiger partial charge on any atom is -0.354 e. The van der Waals surface area contributed by atoms with Gasteiger partial charge in [0.2, 0.25) is 5.91 Å². The molecular weight excluding hydrogens is 275 g/mol. The van der Waals surface area contributed by atoms with Crippen molar-refractivity contribution in [1.82, 2.24) is 5.32 Å². The summed E-state index contributed by atoms with van der Waals surface area (Å²) < 4.78 is 13.4. The van der Waals surface area contributed by atoms with Gasteiger partial charge in [-0.15, -0.1) is 0 Å². The summed E-state index contributed by atoms with van der Waals surface area (Å²) >= 11 is 0. The molecule has 1 N–H and O–H groups in total. The first-order valence-electron chi connectivity index (χ1n) is 6.77. The highest BCUT2D eigenvalue weighted by Crippen LogP contribution is 2.33. The van der Waals surface area contributed by atoms with Crippen molar-refractivity contribution < 1.29 is 18.8 Å². The maximum Gasteiger partial charge on any atom is 0.299 e. The van der Waals surface area contributed by atoms with E-state index in [2.05, 4.69) is 5.32 Å². The highest BCUT2D eigenvalue weighted by Gasteiger charge is 2.37. The Balaban J connectivity index is 2.21. The third-order valence-electron chi connectivity index (χ3n) is 3.23. The van der Waals surface area contributed by atoms with Gasteiger partial charge in [-0.2, -0.15) is 0 Å². The van der Waals surface area contributed by atoms with Crippen LogP contribution < -0.4 is 10.2 Å². The van der Waals surface area contributed by atoms with Gasteiger partial charge in [0.25, 0.3) is 11.7 Å². The van der Waals surface area contributed by atoms with Gasteiger partial charge < -0.3 is 10.2 Å². The van der Waals surface area contributed by atoms with Crippen LogP contribution in [0.3, 0.4) is 0 Å². The van der Waals surface area contributed by atoms with Crippen molar-refractivity contribution in [3.63, 3.8) is 0 Å². The van der Waals surface area contributed by atoms with E-state index in [0.29, 0.717) is 11.3 Å². The number of nitrogens with one attached hydrogen (secondary N) is 1. The van der Waals surface area contributed by atoms with Gasteiger partial charge in [0.15, 0.2) is 0 Å². The highest BCUT2D eigenvalue weighted by molar-refractivity contribution is 6.52. The largest absolute Gasteiger partial charge is 0.354 e. The van der Waals surface area contributed by atoms with Gasteiger partial charge in [0.1, 0.15) is 5.82 Å². The molecule has 112 valence electrons. The van der Waals surface area contributed by atoms with Gasteiger partial charge in [-0.3, -0.25) is 14.4 Å². The number of hydrogen-bond acceptors (Lipinski definition) is 3. The lowest BCUT2D eigenvalue weighted by Crippen LogP contribution is -2.36. The maximum atomic E-state index is 13.4. The van der Waals surface area contributed by atoms with Crippen molar-refractivity contribution in [2.24, 2.45) is 0 Å². The normalized spacial score (nSPS) is 13.9. The predicted octanol–water partition coefficient (Wildman–Crippen LogP) is 1.58. The van der Waals surface area contributed by atoms with E-state index in [9.17, 15) is 18.8 Å². The molecule has 0 fully saturated rings. The minimum absolute atomic E-state index is 0.0107. The van der Waals surface area contributed by atoms with Crippen LogP contribution in [0.15, 0.2) is 12.1 Å². The zero-order valence-corrected chi connectivity index (χ0v) is 12.2. The summed E-state index contributed by atoms with van der Waals surface area (Å²) in [6.45, 7) is 5.41. The first kappa shape index (κ1) is 15.2. The number of benzene rings is 1. The molecule has 6 heteroatoms. The van der Waals surface area contributed by atoms with Crippen LogP contribution in [0.1, 0.15) is 36.2 Å². The summed E-state index contributed by atoms with van der Waals surface area (Å²) in [5.74, 6) is -2.18. The number of Topliss-reactive ketones (excluding diaryl/α,β-unsaturated/α-hetero) is 1. The second-order valence-electron chi connectivity index (χ2n) is 5.38. The molecule has 1 aliphatic heterocycles. The summed E-state index contributed by atoms with van der Waals surface area (Å²) in [6.07, 6.45) is 0.0907. The molecule has 0 bridgehead atoms. The standard InChI is InChI=1S/C15H17FN2O3/c1-8(2)17-12(19)4-5-18-13-9(3)6-10(16)7-11(13)14(20)15(18)21/h6-8H,4-5H2,1-3H3,(H,17,19). The number of carbonyl (C=O) groups excluding carboxylic acids is 3. The van der Waals surface area contributed by atoms with E-state index >= 15 is 0 Å². The Hall–Kier alpha value is -2.24. The summed E-state index contributed by atoms with van der Waals surface area (Å²) in [5.41, 5.74) is 0.985. The molecule has 2 amide bonds. The molecular formula is C15H17FN2O3. The third-order valence-corrected chi connectivity index (χ3v) is 3.23. The van der Waals surface area contributed by atoms with Crippen LogP contribution in [0.5, 0.6) is 0 Å². The summed E-state index contributed by atoms with van der Waals surface area (Å²) in [7, 11) is 0. The second kappa shape index (κ2) is 5.63. The number of fused-ring (bicyclic) bond motifs is 1. The van der Waals surface area contributed by atoms with E-state index in [-0.39, 0.29) is 30.5 Å². The molecule has 5 nitrogen and oxygen atoms in total. The molecule has 0 radical (unpaired) electrons. The highest BCUT2D eigenvalue weighted by atomic mass is 19.1. The number of aryl methyl sites for hydroxylation is 1. The predicted molar refractivity (Wildman–Crippen MR) is 75.7 cm³/mol. The van der Waals surface area contributed by atoms with E-state index in [0.717, 1.165) is 6.07 Å². The topological polar surface area (TPSA) is 66.5 Å². The molecule has 1 aromatic rings. The first-order chi connectivity index (χ1) is 9.81. The van der Waals surface area contributed by atoms with Gasteiger partial charge in [-0.25, -0.2) is 4.39 Å². The van der Waals surface area contributed by atoms with E-state index in [4.69, 9.17) is 0 Å². The Bertz CT molecular complexity index is 626. The van der Waals surface area contributed by atoms with Crippen LogP contribution in [0.4, 0.5) is 10.1 Å². The summed E-state index contributed by atoms with van der Waals surface area (Å²) in [6, 6.07) is 2.35. The molecule has 2 rings (SSSR count). The number of amides is 2. The van der Waals surface area contributed by atoms with Gasteiger partial charge in [-0.05, 0) is 38.5 Å². The van der Waals surface area contributed by atoms with Crippen LogP contribution in [0, 0.1) is 12.7 Å². The van der Waals surface area contributed by atoms with E-state index in [1.807, 2.05) is 13.8 Å². The average Bonchev–Trinajstić information content (AvgIpc) is 2.60. The Kier molecular flexibility index (Phi) is 4.06. The molecule has 0 aromatic heterocycles. The van der Waals surface area contributed by atoms with Gasteiger partial charge in [0, 0.05) is 19.0 Å². The molecule has 1 heterocycles. The average molecular weight is 292 g/mol. The number of ketones is 1. The minimum atomic E-state index is -0.725. The maximum absolute atomic E-state index is 13.4. The van der Waals surface area contributed by atoms with Crippen LogP contribution in [0.2, 0.25) is 0 Å².